The van der Waals surface area contributed by atoms with Crippen LogP contribution in [0.2, 0.25) is 0 Å². The molecular weight excluding hydrogens is 477 g/mol. The van der Waals surface area contributed by atoms with Gasteiger partial charge in [-0.05, 0) is 66.9 Å². The molecule has 1 N–H and O–H groups in total. The number of rotatable bonds is 4. The van der Waals surface area contributed by atoms with E-state index in [-0.39, 0.29) is 11.8 Å². The van der Waals surface area contributed by atoms with Gasteiger partial charge >= 0.3 is 6.03 Å². The summed E-state index contributed by atoms with van der Waals surface area (Å²) in [4.78, 5) is 15.9. The average Bonchev–Trinajstić information content (AvgIpc) is 3.49. The number of aryl methyl sites for hydroxylation is 2. The Bertz CT molecular complexity index is 1620. The van der Waals surface area contributed by atoms with Crippen molar-refractivity contribution < 1.29 is 9.18 Å². The lowest BCUT2D eigenvalue weighted by Gasteiger charge is -2.31. The number of hydrogen-bond acceptors (Lipinski definition) is 2. The minimum absolute atomic E-state index is 0.257. The number of halogens is 1. The zero-order chi connectivity index (χ0) is 26.2. The Morgan fingerprint density at radius 2 is 1.79 bits per heavy atom. The van der Waals surface area contributed by atoms with Crippen LogP contribution in [0.3, 0.4) is 0 Å². The van der Waals surface area contributed by atoms with E-state index >= 15 is 0 Å². The maximum absolute atomic E-state index is 14.5. The molecule has 2 aromatic heterocycles. The Hall–Kier alpha value is -4.65. The van der Waals surface area contributed by atoms with E-state index in [2.05, 4.69) is 16.8 Å². The summed E-state index contributed by atoms with van der Waals surface area (Å²) in [5.74, 6) is 0.532. The fourth-order valence-corrected chi connectivity index (χ4v) is 5.31. The van der Waals surface area contributed by atoms with Crippen LogP contribution in [-0.4, -0.2) is 25.3 Å². The van der Waals surface area contributed by atoms with Crippen LogP contribution in [0.4, 0.5) is 14.9 Å². The maximum atomic E-state index is 14.5. The van der Waals surface area contributed by atoms with Crippen molar-refractivity contribution in [2.45, 2.75) is 32.9 Å². The van der Waals surface area contributed by atoms with Gasteiger partial charge in [-0.25, -0.2) is 13.9 Å². The Labute approximate surface area is 221 Å². The van der Waals surface area contributed by atoms with E-state index in [4.69, 9.17) is 5.10 Å². The van der Waals surface area contributed by atoms with Gasteiger partial charge in [0.05, 0.1) is 29.7 Å². The maximum Gasteiger partial charge on any atom is 0.322 e. The van der Waals surface area contributed by atoms with Crippen molar-refractivity contribution >= 4 is 11.7 Å². The van der Waals surface area contributed by atoms with Crippen molar-refractivity contribution in [3.05, 3.63) is 131 Å². The van der Waals surface area contributed by atoms with Gasteiger partial charge in [0.2, 0.25) is 0 Å². The molecule has 0 aliphatic carbocycles. The van der Waals surface area contributed by atoms with E-state index in [1.54, 1.807) is 11.0 Å². The van der Waals surface area contributed by atoms with E-state index in [1.807, 2.05) is 90.6 Å². The van der Waals surface area contributed by atoms with Crippen LogP contribution in [0.15, 0.2) is 97.2 Å². The number of anilines is 1. The van der Waals surface area contributed by atoms with Crippen molar-refractivity contribution in [1.82, 2.24) is 19.2 Å². The number of para-hydroxylation sites is 2. The van der Waals surface area contributed by atoms with Gasteiger partial charge in [-0.3, -0.25) is 0 Å². The highest BCUT2D eigenvalue weighted by atomic mass is 19.1. The van der Waals surface area contributed by atoms with E-state index < -0.39 is 6.04 Å². The molecule has 0 fully saturated rings. The van der Waals surface area contributed by atoms with Crippen molar-refractivity contribution in [2.24, 2.45) is 0 Å². The zero-order valence-electron chi connectivity index (χ0n) is 21.3. The molecule has 3 heterocycles. The number of urea groups is 1. The Balaban J connectivity index is 1.54. The van der Waals surface area contributed by atoms with Crippen LogP contribution < -0.4 is 5.32 Å². The van der Waals surface area contributed by atoms with Gasteiger partial charge in [0, 0.05) is 17.4 Å². The Morgan fingerprint density at radius 3 is 2.58 bits per heavy atom. The van der Waals surface area contributed by atoms with E-state index in [0.717, 1.165) is 46.1 Å². The number of benzene rings is 3. The molecule has 190 valence electrons. The average molecular weight is 506 g/mol. The fourth-order valence-electron chi connectivity index (χ4n) is 5.31. The molecule has 2 amide bonds. The SMILES string of the molecule is CCc1ccccc1NC(=O)N1Cc2c(C)nn(-c3ccccc3)c2-n2cccc2C1c1cccc(F)c1. The Morgan fingerprint density at radius 1 is 1.00 bits per heavy atom. The molecule has 1 atom stereocenters. The first-order valence-electron chi connectivity index (χ1n) is 12.8. The first kappa shape index (κ1) is 23.7. The van der Waals surface area contributed by atoms with E-state index in [1.165, 1.54) is 12.1 Å². The molecule has 5 aromatic rings. The van der Waals surface area contributed by atoms with Gasteiger partial charge < -0.3 is 14.8 Å². The summed E-state index contributed by atoms with van der Waals surface area (Å²) < 4.78 is 18.5. The number of nitrogens with zero attached hydrogens (tertiary/aromatic N) is 4. The van der Waals surface area contributed by atoms with Crippen LogP contribution >= 0.6 is 0 Å². The monoisotopic (exact) mass is 505 g/mol. The molecule has 0 bridgehead atoms. The zero-order valence-corrected chi connectivity index (χ0v) is 21.3. The second kappa shape index (κ2) is 9.67. The minimum Gasteiger partial charge on any atom is -0.308 e. The number of amides is 2. The second-order valence-corrected chi connectivity index (χ2v) is 9.46. The van der Waals surface area contributed by atoms with Gasteiger partial charge in [0.1, 0.15) is 11.6 Å². The molecule has 1 aliphatic rings. The standard InChI is InChI=1S/C31H28FN5O/c1-3-22-11-7-8-16-27(22)33-31(38)36-20-26-21(2)34-37(25-14-5-4-6-15-25)30(26)35-18-10-17-28(35)29(36)23-12-9-13-24(32)19-23/h4-19,29H,3,20H2,1-2H3,(H,33,38). The van der Waals surface area contributed by atoms with E-state index in [9.17, 15) is 9.18 Å². The topological polar surface area (TPSA) is 55.1 Å². The van der Waals surface area contributed by atoms with Crippen molar-refractivity contribution in [2.75, 3.05) is 5.32 Å². The molecule has 3 aromatic carbocycles. The molecule has 0 saturated carbocycles. The van der Waals surface area contributed by atoms with Gasteiger partial charge in [-0.1, -0.05) is 55.5 Å². The van der Waals surface area contributed by atoms with Crippen LogP contribution in [-0.2, 0) is 13.0 Å². The first-order valence-corrected chi connectivity index (χ1v) is 12.8. The van der Waals surface area contributed by atoms with E-state index in [0.29, 0.717) is 12.1 Å². The van der Waals surface area contributed by atoms with Gasteiger partial charge in [-0.2, -0.15) is 5.10 Å². The predicted molar refractivity (Wildman–Crippen MR) is 146 cm³/mol. The summed E-state index contributed by atoms with van der Waals surface area (Å²) in [6, 6.07) is 27.4. The lowest BCUT2D eigenvalue weighted by atomic mass is 10.0. The van der Waals surface area contributed by atoms with Crippen LogP contribution in [0.1, 0.15) is 41.0 Å². The Kier molecular flexibility index (Phi) is 6.04. The molecule has 1 unspecified atom stereocenters. The molecule has 6 rings (SSSR count). The number of hydrogen-bond donors (Lipinski definition) is 1. The smallest absolute Gasteiger partial charge is 0.308 e. The third kappa shape index (κ3) is 4.06. The first-order chi connectivity index (χ1) is 18.5. The van der Waals surface area contributed by atoms with Crippen molar-refractivity contribution in [1.29, 1.82) is 0 Å². The summed E-state index contributed by atoms with van der Waals surface area (Å²) in [7, 11) is 0. The number of aromatic nitrogens is 3. The van der Waals surface area contributed by atoms with Gasteiger partial charge in [0.15, 0.2) is 0 Å². The predicted octanol–water partition coefficient (Wildman–Crippen LogP) is 6.81. The van der Waals surface area contributed by atoms with Crippen molar-refractivity contribution in [3.63, 3.8) is 0 Å². The third-order valence-electron chi connectivity index (χ3n) is 7.15. The fraction of sp³-hybridized carbons (Fsp3) is 0.161. The molecule has 6 nitrogen and oxygen atoms in total. The lowest BCUT2D eigenvalue weighted by molar-refractivity contribution is 0.194. The second-order valence-electron chi connectivity index (χ2n) is 9.46. The van der Waals surface area contributed by atoms with Crippen molar-refractivity contribution in [3.8, 4) is 11.5 Å². The summed E-state index contributed by atoms with van der Waals surface area (Å²) in [5, 5.41) is 8.02. The normalized spacial score (nSPS) is 14.5. The highest BCUT2D eigenvalue weighted by Gasteiger charge is 2.36. The molecule has 1 aliphatic heterocycles. The van der Waals surface area contributed by atoms with Crippen LogP contribution in [0.5, 0.6) is 0 Å². The largest absolute Gasteiger partial charge is 0.322 e. The highest BCUT2D eigenvalue weighted by molar-refractivity contribution is 5.91. The number of fused-ring (bicyclic) bond motifs is 3. The van der Waals surface area contributed by atoms with Crippen LogP contribution in [0.25, 0.3) is 11.5 Å². The molecule has 7 heteroatoms. The van der Waals surface area contributed by atoms with Gasteiger partial charge in [-0.15, -0.1) is 0 Å². The summed E-state index contributed by atoms with van der Waals surface area (Å²) in [6.45, 7) is 4.33. The summed E-state index contributed by atoms with van der Waals surface area (Å²) in [5.41, 5.74) is 6.06. The molecule has 38 heavy (non-hydrogen) atoms. The highest BCUT2D eigenvalue weighted by Crippen LogP contribution is 2.39. The lowest BCUT2D eigenvalue weighted by Crippen LogP contribution is -2.38. The quantitative estimate of drug-likeness (QED) is 0.292. The minimum atomic E-state index is -0.523. The molecule has 0 saturated heterocycles. The molecular formula is C31H28FN5O. The summed E-state index contributed by atoms with van der Waals surface area (Å²) in [6.07, 6.45) is 2.77. The van der Waals surface area contributed by atoms with Gasteiger partial charge in [0.25, 0.3) is 0 Å². The third-order valence-corrected chi connectivity index (χ3v) is 7.15. The molecule has 0 spiro atoms. The number of carbonyl (C=O) groups is 1. The number of nitrogens with one attached hydrogen (secondary N) is 1. The number of carbonyl (C=O) groups excluding carboxylic acids is 1. The molecule has 0 radical (unpaired) electrons. The summed E-state index contributed by atoms with van der Waals surface area (Å²) >= 11 is 0. The van der Waals surface area contributed by atoms with Crippen LogP contribution in [0, 0.1) is 12.7 Å².